The molecule has 0 amide bonds. The summed E-state index contributed by atoms with van der Waals surface area (Å²) in [6.07, 6.45) is 4.76. The molecule has 0 saturated heterocycles. The second-order valence-corrected chi connectivity index (χ2v) is 4.76. The molecule has 1 saturated carbocycles. The van der Waals surface area contributed by atoms with Crippen molar-refractivity contribution in [1.82, 2.24) is 9.78 Å². The molecule has 0 unspecified atom stereocenters. The molecule has 84 valence electrons. The molecular weight excluding hydrogens is 231 g/mol. The van der Waals surface area contributed by atoms with Crippen molar-refractivity contribution in [2.75, 3.05) is 0 Å². The highest BCUT2D eigenvalue weighted by molar-refractivity contribution is 6.31. The predicted molar refractivity (Wildman–Crippen MR) is 63.7 cm³/mol. The van der Waals surface area contributed by atoms with Crippen molar-refractivity contribution >= 4 is 23.2 Å². The van der Waals surface area contributed by atoms with Crippen molar-refractivity contribution in [3.05, 3.63) is 16.4 Å². The summed E-state index contributed by atoms with van der Waals surface area (Å²) in [5, 5.41) is 5.33. The summed E-state index contributed by atoms with van der Waals surface area (Å²) in [6.45, 7) is 3.08. The molecule has 4 heteroatoms. The average molecular weight is 247 g/mol. The lowest BCUT2D eigenvalue weighted by molar-refractivity contribution is 0.566. The Morgan fingerprint density at radius 2 is 2.20 bits per heavy atom. The van der Waals surface area contributed by atoms with E-state index in [0.29, 0.717) is 11.8 Å². The fourth-order valence-electron chi connectivity index (χ4n) is 1.76. The smallest absolute Gasteiger partial charge is 0.131 e. The predicted octanol–water partition coefficient (Wildman–Crippen LogP) is 3.95. The van der Waals surface area contributed by atoms with E-state index in [0.717, 1.165) is 35.8 Å². The fraction of sp³-hybridized carbons (Fsp3) is 0.727. The van der Waals surface area contributed by atoms with E-state index in [1.807, 2.05) is 4.68 Å². The highest BCUT2D eigenvalue weighted by atomic mass is 35.5. The summed E-state index contributed by atoms with van der Waals surface area (Å²) in [7, 11) is 0. The molecule has 0 aromatic carbocycles. The Labute approximate surface area is 101 Å². The molecule has 1 aromatic heterocycles. The van der Waals surface area contributed by atoms with Crippen molar-refractivity contribution in [3.8, 4) is 0 Å². The second kappa shape index (κ2) is 4.75. The molecule has 1 aromatic rings. The normalized spacial score (nSPS) is 15.9. The van der Waals surface area contributed by atoms with Crippen LogP contribution < -0.4 is 0 Å². The van der Waals surface area contributed by atoms with Gasteiger partial charge < -0.3 is 0 Å². The van der Waals surface area contributed by atoms with Gasteiger partial charge in [0.1, 0.15) is 5.15 Å². The van der Waals surface area contributed by atoms with Gasteiger partial charge in [0.2, 0.25) is 0 Å². The zero-order valence-corrected chi connectivity index (χ0v) is 10.5. The van der Waals surface area contributed by atoms with Crippen LogP contribution in [0.15, 0.2) is 0 Å². The molecule has 1 aliphatic rings. The summed E-state index contributed by atoms with van der Waals surface area (Å²) >= 11 is 12.2. The molecule has 2 nitrogen and oxygen atoms in total. The number of unbranched alkanes of at least 4 members (excludes halogenated alkanes) is 1. The number of rotatable bonds is 5. The molecular formula is C11H16Cl2N2. The Balaban J connectivity index is 2.23. The van der Waals surface area contributed by atoms with Crippen LogP contribution in [-0.2, 0) is 12.4 Å². The number of nitrogens with zero attached hydrogens (tertiary/aromatic N) is 2. The number of aromatic nitrogens is 2. The maximum Gasteiger partial charge on any atom is 0.131 e. The van der Waals surface area contributed by atoms with Crippen LogP contribution in [0.4, 0.5) is 0 Å². The first kappa shape index (κ1) is 11.3. The zero-order valence-electron chi connectivity index (χ0n) is 8.97. The van der Waals surface area contributed by atoms with Crippen LogP contribution in [0, 0.1) is 0 Å². The number of aryl methyl sites for hydroxylation is 1. The van der Waals surface area contributed by atoms with E-state index in [1.54, 1.807) is 0 Å². The summed E-state index contributed by atoms with van der Waals surface area (Å²) in [6, 6.07) is 0. The Morgan fingerprint density at radius 3 is 2.73 bits per heavy atom. The number of alkyl halides is 1. The van der Waals surface area contributed by atoms with Gasteiger partial charge in [-0.05, 0) is 19.3 Å². The minimum atomic E-state index is 0.483. The summed E-state index contributed by atoms with van der Waals surface area (Å²) < 4.78 is 1.91. The van der Waals surface area contributed by atoms with E-state index in [-0.39, 0.29) is 0 Å². The molecule has 2 rings (SSSR count). The minimum Gasteiger partial charge on any atom is -0.253 e. The fourth-order valence-corrected chi connectivity index (χ4v) is 2.38. The molecule has 1 aliphatic carbocycles. The molecule has 0 atom stereocenters. The van der Waals surface area contributed by atoms with Crippen LogP contribution in [-0.4, -0.2) is 9.78 Å². The van der Waals surface area contributed by atoms with E-state index < -0.39 is 0 Å². The van der Waals surface area contributed by atoms with Crippen LogP contribution in [0.3, 0.4) is 0 Å². The van der Waals surface area contributed by atoms with Crippen LogP contribution in [0.5, 0.6) is 0 Å². The Hall–Kier alpha value is -0.210. The van der Waals surface area contributed by atoms with E-state index >= 15 is 0 Å². The first-order valence-electron chi connectivity index (χ1n) is 5.59. The Kier molecular flexibility index (Phi) is 3.57. The summed E-state index contributed by atoms with van der Waals surface area (Å²) in [5.41, 5.74) is 2.20. The molecule has 15 heavy (non-hydrogen) atoms. The van der Waals surface area contributed by atoms with Crippen LogP contribution >= 0.6 is 23.2 Å². The van der Waals surface area contributed by atoms with Crippen LogP contribution in [0.1, 0.15) is 49.8 Å². The SMILES string of the molecule is CCCCn1nc(C2CC2)c(CCl)c1Cl. The van der Waals surface area contributed by atoms with Gasteiger partial charge in [-0.1, -0.05) is 24.9 Å². The Bertz CT molecular complexity index is 343. The van der Waals surface area contributed by atoms with Crippen molar-refractivity contribution in [1.29, 1.82) is 0 Å². The van der Waals surface area contributed by atoms with Gasteiger partial charge in [0.15, 0.2) is 0 Å². The highest BCUT2D eigenvalue weighted by Crippen LogP contribution is 2.43. The third-order valence-corrected chi connectivity index (χ3v) is 3.52. The highest BCUT2D eigenvalue weighted by Gasteiger charge is 2.30. The van der Waals surface area contributed by atoms with E-state index in [9.17, 15) is 0 Å². The molecule has 0 spiro atoms. The van der Waals surface area contributed by atoms with Crippen LogP contribution in [0.25, 0.3) is 0 Å². The second-order valence-electron chi connectivity index (χ2n) is 4.14. The summed E-state index contributed by atoms with van der Waals surface area (Å²) in [5.74, 6) is 1.11. The third kappa shape index (κ3) is 2.31. The third-order valence-electron chi connectivity index (χ3n) is 2.83. The first-order chi connectivity index (χ1) is 7.27. The Morgan fingerprint density at radius 1 is 1.47 bits per heavy atom. The van der Waals surface area contributed by atoms with E-state index in [4.69, 9.17) is 23.2 Å². The van der Waals surface area contributed by atoms with Gasteiger partial charge in [-0.25, -0.2) is 0 Å². The largest absolute Gasteiger partial charge is 0.253 e. The standard InChI is InChI=1S/C11H16Cl2N2/c1-2-3-6-15-11(13)9(7-12)10(14-15)8-4-5-8/h8H,2-7H2,1H3. The van der Waals surface area contributed by atoms with Gasteiger partial charge >= 0.3 is 0 Å². The maximum atomic E-state index is 6.25. The number of hydrogen-bond acceptors (Lipinski definition) is 1. The lowest BCUT2D eigenvalue weighted by Gasteiger charge is -2.00. The topological polar surface area (TPSA) is 17.8 Å². The molecule has 0 radical (unpaired) electrons. The van der Waals surface area contributed by atoms with Gasteiger partial charge in [-0.3, -0.25) is 4.68 Å². The first-order valence-corrected chi connectivity index (χ1v) is 6.50. The van der Waals surface area contributed by atoms with Gasteiger partial charge in [0, 0.05) is 18.0 Å². The number of hydrogen-bond donors (Lipinski definition) is 0. The van der Waals surface area contributed by atoms with Gasteiger partial charge in [-0.2, -0.15) is 5.10 Å². The van der Waals surface area contributed by atoms with Gasteiger partial charge in [0.25, 0.3) is 0 Å². The molecule has 1 heterocycles. The molecule has 0 aliphatic heterocycles. The maximum absolute atomic E-state index is 6.25. The minimum absolute atomic E-state index is 0.483. The van der Waals surface area contributed by atoms with E-state index in [2.05, 4.69) is 12.0 Å². The van der Waals surface area contributed by atoms with Gasteiger partial charge in [-0.15, -0.1) is 11.6 Å². The van der Waals surface area contributed by atoms with Crippen molar-refractivity contribution in [2.45, 2.75) is 50.9 Å². The van der Waals surface area contributed by atoms with Crippen molar-refractivity contribution in [2.24, 2.45) is 0 Å². The van der Waals surface area contributed by atoms with Crippen molar-refractivity contribution < 1.29 is 0 Å². The lowest BCUT2D eigenvalue weighted by atomic mass is 10.2. The zero-order chi connectivity index (χ0) is 10.8. The lowest BCUT2D eigenvalue weighted by Crippen LogP contribution is -2.00. The van der Waals surface area contributed by atoms with E-state index in [1.165, 1.54) is 12.8 Å². The van der Waals surface area contributed by atoms with Crippen molar-refractivity contribution in [3.63, 3.8) is 0 Å². The summed E-state index contributed by atoms with van der Waals surface area (Å²) in [4.78, 5) is 0. The molecule has 1 fully saturated rings. The molecule has 0 N–H and O–H groups in total. The monoisotopic (exact) mass is 246 g/mol. The quantitative estimate of drug-likeness (QED) is 0.720. The number of halogens is 2. The van der Waals surface area contributed by atoms with Crippen LogP contribution in [0.2, 0.25) is 5.15 Å². The van der Waals surface area contributed by atoms with Gasteiger partial charge in [0.05, 0.1) is 11.6 Å². The molecule has 0 bridgehead atoms. The average Bonchev–Trinajstić information content (AvgIpc) is 3.02.